The summed E-state index contributed by atoms with van der Waals surface area (Å²) in [4.78, 5) is 17.9. The molecule has 0 saturated heterocycles. The molecule has 0 spiro atoms. The van der Waals surface area contributed by atoms with E-state index in [9.17, 15) is 9.18 Å². The number of anilines is 1. The third-order valence-corrected chi connectivity index (χ3v) is 5.30. The van der Waals surface area contributed by atoms with E-state index in [4.69, 9.17) is 21.2 Å². The number of nitrogens with one attached hydrogen (secondary N) is 1. The number of carbonyl (C=O) groups excluding carboxylic acids is 1. The lowest BCUT2D eigenvalue weighted by molar-refractivity contribution is -0.125. The first-order valence-electron chi connectivity index (χ1n) is 9.59. The summed E-state index contributed by atoms with van der Waals surface area (Å²) in [6.07, 6.45) is -0.391. The minimum absolute atomic E-state index is 0.322. The van der Waals surface area contributed by atoms with Crippen molar-refractivity contribution in [2.75, 3.05) is 12.4 Å². The van der Waals surface area contributed by atoms with Crippen LogP contribution in [0.5, 0.6) is 5.75 Å². The Labute approximate surface area is 183 Å². The van der Waals surface area contributed by atoms with Crippen molar-refractivity contribution < 1.29 is 18.8 Å². The maximum Gasteiger partial charge on any atom is 0.269 e. The minimum Gasteiger partial charge on any atom is -0.497 e. The molecule has 2 heterocycles. The molecule has 0 saturated carbocycles. The summed E-state index contributed by atoms with van der Waals surface area (Å²) in [7, 11) is 1.60. The summed E-state index contributed by atoms with van der Waals surface area (Å²) in [6.45, 7) is 2.21. The first kappa shape index (κ1) is 20.9. The van der Waals surface area contributed by atoms with E-state index in [0.717, 1.165) is 22.6 Å². The number of halogens is 2. The molecule has 1 N–H and O–H groups in total. The average molecular weight is 443 g/mol. The van der Waals surface area contributed by atoms with E-state index < -0.39 is 11.9 Å². The Morgan fingerprint density at radius 1 is 1.29 bits per heavy atom. The van der Waals surface area contributed by atoms with E-state index in [1.54, 1.807) is 23.9 Å². The molecule has 7 nitrogen and oxygen atoms in total. The Kier molecular flexibility index (Phi) is 5.90. The lowest BCUT2D eigenvalue weighted by atomic mass is 10.0. The molecule has 1 aliphatic heterocycles. The number of rotatable bonds is 6. The van der Waals surface area contributed by atoms with Crippen LogP contribution in [-0.4, -0.2) is 34.6 Å². The van der Waals surface area contributed by atoms with Crippen LogP contribution in [0.2, 0.25) is 5.02 Å². The van der Waals surface area contributed by atoms with Crippen molar-refractivity contribution in [3.8, 4) is 5.75 Å². The lowest BCUT2D eigenvalue weighted by Crippen LogP contribution is -2.28. The quantitative estimate of drug-likeness (QED) is 0.621. The van der Waals surface area contributed by atoms with Gasteiger partial charge in [0.25, 0.3) is 5.91 Å². The van der Waals surface area contributed by atoms with Gasteiger partial charge in [0.1, 0.15) is 11.6 Å². The number of methoxy groups -OCH3 is 1. The molecule has 0 radical (unpaired) electrons. The van der Waals surface area contributed by atoms with Crippen LogP contribution < -0.4 is 10.1 Å². The molecular formula is C22H20ClFN4O3. The van der Waals surface area contributed by atoms with Gasteiger partial charge in [-0.05, 0) is 54.4 Å². The maximum absolute atomic E-state index is 13.2. The Morgan fingerprint density at radius 3 is 2.77 bits per heavy atom. The van der Waals surface area contributed by atoms with Crippen molar-refractivity contribution in [2.24, 2.45) is 5.16 Å². The van der Waals surface area contributed by atoms with Gasteiger partial charge in [-0.15, -0.1) is 0 Å². The fourth-order valence-corrected chi connectivity index (χ4v) is 3.45. The van der Waals surface area contributed by atoms with E-state index in [1.165, 1.54) is 12.1 Å². The van der Waals surface area contributed by atoms with Gasteiger partial charge in [-0.1, -0.05) is 22.8 Å². The second-order valence-corrected chi connectivity index (χ2v) is 7.53. The van der Waals surface area contributed by atoms with Gasteiger partial charge in [-0.2, -0.15) is 5.10 Å². The van der Waals surface area contributed by atoms with Gasteiger partial charge in [-0.25, -0.2) is 4.39 Å². The Bertz CT molecular complexity index is 1140. The lowest BCUT2D eigenvalue weighted by Gasteiger charge is -2.08. The van der Waals surface area contributed by atoms with Crippen molar-refractivity contribution in [3.05, 3.63) is 76.2 Å². The highest BCUT2D eigenvalue weighted by Gasteiger charge is 2.29. The molecule has 1 atom stereocenters. The molecule has 1 aromatic heterocycles. The zero-order valence-corrected chi connectivity index (χ0v) is 17.7. The molecule has 1 aliphatic rings. The van der Waals surface area contributed by atoms with Crippen LogP contribution in [0.4, 0.5) is 10.2 Å². The van der Waals surface area contributed by atoms with Crippen molar-refractivity contribution in [3.63, 3.8) is 0 Å². The highest BCUT2D eigenvalue weighted by atomic mass is 35.5. The zero-order chi connectivity index (χ0) is 22.0. The molecule has 1 amide bonds. The second kappa shape index (κ2) is 8.77. The molecule has 3 aromatic rings. The van der Waals surface area contributed by atoms with Crippen molar-refractivity contribution in [1.82, 2.24) is 9.78 Å². The summed E-state index contributed by atoms with van der Waals surface area (Å²) in [5.74, 6) is 0.399. The number of ether oxygens (including phenoxy) is 1. The molecule has 2 aromatic carbocycles. The van der Waals surface area contributed by atoms with E-state index >= 15 is 0 Å². The SMILES string of the molecule is COc1ccc(C2=NOC(C(=O)Nc3cc(C)n(Cc4ccc(F)cc4Cl)n3)C2)cc1. The van der Waals surface area contributed by atoms with Crippen LogP contribution in [0.15, 0.2) is 53.7 Å². The molecule has 31 heavy (non-hydrogen) atoms. The van der Waals surface area contributed by atoms with Gasteiger partial charge >= 0.3 is 0 Å². The van der Waals surface area contributed by atoms with Crippen LogP contribution in [0, 0.1) is 12.7 Å². The average Bonchev–Trinajstić information content (AvgIpc) is 3.37. The zero-order valence-electron chi connectivity index (χ0n) is 16.9. The standard InChI is InChI=1S/C22H20ClFN4O3/c1-13-9-21(26-28(13)12-15-3-6-16(24)10-18(15)23)25-22(29)20-11-19(27-31-20)14-4-7-17(30-2)8-5-14/h3-10,20H,11-12H2,1-2H3,(H,25,26,29). The highest BCUT2D eigenvalue weighted by molar-refractivity contribution is 6.31. The number of oxime groups is 1. The topological polar surface area (TPSA) is 77.7 Å². The molecule has 1 unspecified atom stereocenters. The number of aromatic nitrogens is 2. The first-order chi connectivity index (χ1) is 14.9. The monoisotopic (exact) mass is 442 g/mol. The number of carbonyl (C=O) groups is 1. The van der Waals surface area contributed by atoms with Crippen molar-refractivity contribution in [2.45, 2.75) is 26.0 Å². The van der Waals surface area contributed by atoms with E-state index in [0.29, 0.717) is 29.5 Å². The van der Waals surface area contributed by atoms with E-state index in [2.05, 4.69) is 15.6 Å². The van der Waals surface area contributed by atoms with Crippen LogP contribution in [-0.2, 0) is 16.2 Å². The Hall–Kier alpha value is -3.39. The Balaban J connectivity index is 1.38. The van der Waals surface area contributed by atoms with Gasteiger partial charge in [0.05, 0.1) is 19.4 Å². The maximum atomic E-state index is 13.2. The number of aryl methyl sites for hydroxylation is 1. The first-order valence-corrected chi connectivity index (χ1v) is 9.97. The van der Waals surface area contributed by atoms with Crippen molar-refractivity contribution >= 4 is 29.0 Å². The third kappa shape index (κ3) is 4.69. The molecule has 4 rings (SSSR count). The summed E-state index contributed by atoms with van der Waals surface area (Å²) in [6, 6.07) is 13.4. The largest absolute Gasteiger partial charge is 0.497 e. The van der Waals surface area contributed by atoms with E-state index in [1.807, 2.05) is 31.2 Å². The third-order valence-electron chi connectivity index (χ3n) is 4.95. The predicted molar refractivity (Wildman–Crippen MR) is 115 cm³/mol. The number of nitrogens with zero attached hydrogens (tertiary/aromatic N) is 3. The molecule has 0 fully saturated rings. The fourth-order valence-electron chi connectivity index (χ4n) is 3.22. The number of benzene rings is 2. The van der Waals surface area contributed by atoms with Crippen LogP contribution in [0.1, 0.15) is 23.2 Å². The molecular weight excluding hydrogens is 423 g/mol. The second-order valence-electron chi connectivity index (χ2n) is 7.12. The smallest absolute Gasteiger partial charge is 0.269 e. The normalized spacial score (nSPS) is 15.4. The van der Waals surface area contributed by atoms with Crippen LogP contribution >= 0.6 is 11.6 Å². The van der Waals surface area contributed by atoms with Crippen molar-refractivity contribution in [1.29, 1.82) is 0 Å². The Morgan fingerprint density at radius 2 is 2.06 bits per heavy atom. The van der Waals surface area contributed by atoms with Gasteiger partial charge in [0.15, 0.2) is 5.82 Å². The summed E-state index contributed by atoms with van der Waals surface area (Å²) < 4.78 is 20.1. The van der Waals surface area contributed by atoms with Crippen LogP contribution in [0.25, 0.3) is 0 Å². The number of amides is 1. The van der Waals surface area contributed by atoms with Gasteiger partial charge < -0.3 is 14.9 Å². The number of hydrogen-bond donors (Lipinski definition) is 1. The van der Waals surface area contributed by atoms with Gasteiger partial charge in [0.2, 0.25) is 6.10 Å². The molecule has 9 heteroatoms. The summed E-state index contributed by atoms with van der Waals surface area (Å²) in [5.41, 5.74) is 3.10. The van der Waals surface area contributed by atoms with Crippen LogP contribution in [0.3, 0.4) is 0 Å². The predicted octanol–water partition coefficient (Wildman–Crippen LogP) is 4.17. The highest BCUT2D eigenvalue weighted by Crippen LogP contribution is 2.22. The molecule has 0 aliphatic carbocycles. The summed E-state index contributed by atoms with van der Waals surface area (Å²) in [5, 5.41) is 11.5. The van der Waals surface area contributed by atoms with Gasteiger partial charge in [-0.3, -0.25) is 9.48 Å². The molecule has 160 valence electrons. The minimum atomic E-state index is -0.742. The van der Waals surface area contributed by atoms with Gasteiger partial charge in [0, 0.05) is 23.2 Å². The molecule has 0 bridgehead atoms. The summed E-state index contributed by atoms with van der Waals surface area (Å²) >= 11 is 6.10. The fraction of sp³-hybridized carbons (Fsp3) is 0.227. The number of hydrogen-bond acceptors (Lipinski definition) is 5. The van der Waals surface area contributed by atoms with E-state index in [-0.39, 0.29) is 5.91 Å².